The summed E-state index contributed by atoms with van der Waals surface area (Å²) in [5, 5.41) is 11.0. The minimum atomic E-state index is 0.552. The lowest BCUT2D eigenvalue weighted by atomic mass is 10.2. The Labute approximate surface area is 93.9 Å². The third-order valence-corrected chi connectivity index (χ3v) is 2.20. The number of nitrogens with one attached hydrogen (secondary N) is 1. The van der Waals surface area contributed by atoms with Gasteiger partial charge in [0.25, 0.3) is 0 Å². The summed E-state index contributed by atoms with van der Waals surface area (Å²) < 4.78 is 5.54. The number of aryl methyl sites for hydroxylation is 1. The molecule has 0 aliphatic heterocycles. The van der Waals surface area contributed by atoms with Crippen molar-refractivity contribution in [1.29, 1.82) is 0 Å². The van der Waals surface area contributed by atoms with Crippen LogP contribution in [-0.4, -0.2) is 28.8 Å². The standard InChI is InChI=1S/C11H14N4O/c1-8-7-9(3-6-13-8)11-15-14-10(16-11)4-5-12-2/h3,6-7,12H,4-5H2,1-2H3. The van der Waals surface area contributed by atoms with Crippen molar-refractivity contribution >= 4 is 0 Å². The van der Waals surface area contributed by atoms with E-state index in [1.54, 1.807) is 6.20 Å². The molecule has 1 N–H and O–H groups in total. The Hall–Kier alpha value is -1.75. The third-order valence-electron chi connectivity index (χ3n) is 2.20. The van der Waals surface area contributed by atoms with Crippen LogP contribution in [-0.2, 0) is 6.42 Å². The zero-order valence-corrected chi connectivity index (χ0v) is 9.40. The van der Waals surface area contributed by atoms with E-state index in [1.165, 1.54) is 0 Å². The molecule has 0 saturated carbocycles. The summed E-state index contributed by atoms with van der Waals surface area (Å²) in [5.41, 5.74) is 1.85. The molecule has 0 aliphatic carbocycles. The average Bonchev–Trinajstić information content (AvgIpc) is 2.75. The summed E-state index contributed by atoms with van der Waals surface area (Å²) in [6, 6.07) is 3.79. The van der Waals surface area contributed by atoms with Crippen LogP contribution in [0.3, 0.4) is 0 Å². The highest BCUT2D eigenvalue weighted by molar-refractivity contribution is 5.52. The predicted octanol–water partition coefficient (Wildman–Crippen LogP) is 1.20. The second kappa shape index (κ2) is 4.85. The number of aromatic nitrogens is 3. The van der Waals surface area contributed by atoms with Gasteiger partial charge >= 0.3 is 0 Å². The third kappa shape index (κ3) is 2.43. The smallest absolute Gasteiger partial charge is 0.247 e. The zero-order chi connectivity index (χ0) is 11.4. The first-order valence-corrected chi connectivity index (χ1v) is 5.19. The lowest BCUT2D eigenvalue weighted by molar-refractivity contribution is 0.500. The number of likely N-dealkylation sites (N-methyl/N-ethyl adjacent to an activating group) is 1. The van der Waals surface area contributed by atoms with Crippen molar-refractivity contribution in [1.82, 2.24) is 20.5 Å². The largest absolute Gasteiger partial charge is 0.421 e. The minimum Gasteiger partial charge on any atom is -0.421 e. The molecule has 0 saturated heterocycles. The van der Waals surface area contributed by atoms with Crippen LogP contribution in [0.15, 0.2) is 22.7 Å². The highest BCUT2D eigenvalue weighted by atomic mass is 16.4. The molecule has 0 amide bonds. The number of rotatable bonds is 4. The summed E-state index contributed by atoms with van der Waals surface area (Å²) in [5.74, 6) is 1.20. The minimum absolute atomic E-state index is 0.552. The van der Waals surface area contributed by atoms with Crippen LogP contribution < -0.4 is 5.32 Å². The molecule has 16 heavy (non-hydrogen) atoms. The summed E-state index contributed by atoms with van der Waals surface area (Å²) in [4.78, 5) is 4.12. The monoisotopic (exact) mass is 218 g/mol. The van der Waals surface area contributed by atoms with E-state index in [9.17, 15) is 0 Å². The normalized spacial score (nSPS) is 10.6. The van der Waals surface area contributed by atoms with Crippen molar-refractivity contribution in [2.24, 2.45) is 0 Å². The molecular formula is C11H14N4O. The van der Waals surface area contributed by atoms with Gasteiger partial charge in [-0.25, -0.2) is 0 Å². The van der Waals surface area contributed by atoms with Crippen molar-refractivity contribution in [3.8, 4) is 11.5 Å². The Morgan fingerprint density at radius 2 is 2.25 bits per heavy atom. The van der Waals surface area contributed by atoms with Gasteiger partial charge in [0.2, 0.25) is 11.8 Å². The van der Waals surface area contributed by atoms with Gasteiger partial charge in [-0.1, -0.05) is 0 Å². The Balaban J connectivity index is 2.18. The second-order valence-corrected chi connectivity index (χ2v) is 3.54. The molecule has 0 aromatic carbocycles. The van der Waals surface area contributed by atoms with E-state index in [4.69, 9.17) is 4.42 Å². The SMILES string of the molecule is CNCCc1nnc(-c2ccnc(C)c2)o1. The van der Waals surface area contributed by atoms with Crippen molar-refractivity contribution in [2.75, 3.05) is 13.6 Å². The second-order valence-electron chi connectivity index (χ2n) is 3.54. The fourth-order valence-corrected chi connectivity index (χ4v) is 1.38. The number of hydrogen-bond acceptors (Lipinski definition) is 5. The van der Waals surface area contributed by atoms with Crippen LogP contribution in [0, 0.1) is 6.92 Å². The summed E-state index contributed by atoms with van der Waals surface area (Å²) in [6.45, 7) is 2.76. The van der Waals surface area contributed by atoms with Crippen LogP contribution in [0.25, 0.3) is 11.5 Å². The van der Waals surface area contributed by atoms with E-state index in [1.807, 2.05) is 26.1 Å². The van der Waals surface area contributed by atoms with Gasteiger partial charge in [0, 0.05) is 30.4 Å². The number of hydrogen-bond donors (Lipinski definition) is 1. The molecular weight excluding hydrogens is 204 g/mol. The molecule has 0 unspecified atom stereocenters. The highest BCUT2D eigenvalue weighted by Gasteiger charge is 2.07. The van der Waals surface area contributed by atoms with Gasteiger partial charge in [0.1, 0.15) is 0 Å². The van der Waals surface area contributed by atoms with E-state index in [0.717, 1.165) is 24.2 Å². The maximum Gasteiger partial charge on any atom is 0.247 e. The van der Waals surface area contributed by atoms with Crippen LogP contribution >= 0.6 is 0 Å². The van der Waals surface area contributed by atoms with E-state index in [0.29, 0.717) is 11.8 Å². The van der Waals surface area contributed by atoms with Crippen molar-refractivity contribution in [3.63, 3.8) is 0 Å². The van der Waals surface area contributed by atoms with Gasteiger partial charge in [-0.2, -0.15) is 0 Å². The molecule has 0 atom stereocenters. The quantitative estimate of drug-likeness (QED) is 0.835. The first kappa shape index (κ1) is 10.8. The van der Waals surface area contributed by atoms with Gasteiger partial charge < -0.3 is 9.73 Å². The molecule has 2 aromatic heterocycles. The van der Waals surface area contributed by atoms with E-state index in [-0.39, 0.29) is 0 Å². The molecule has 84 valence electrons. The van der Waals surface area contributed by atoms with Crippen molar-refractivity contribution in [2.45, 2.75) is 13.3 Å². The lowest BCUT2D eigenvalue weighted by Crippen LogP contribution is -2.10. The fourth-order valence-electron chi connectivity index (χ4n) is 1.38. The highest BCUT2D eigenvalue weighted by Crippen LogP contribution is 2.17. The Kier molecular flexibility index (Phi) is 3.26. The number of pyridine rings is 1. The first-order valence-electron chi connectivity index (χ1n) is 5.19. The Morgan fingerprint density at radius 1 is 1.38 bits per heavy atom. The van der Waals surface area contributed by atoms with Gasteiger partial charge in [-0.05, 0) is 26.1 Å². The van der Waals surface area contributed by atoms with Crippen molar-refractivity contribution in [3.05, 3.63) is 29.9 Å². The van der Waals surface area contributed by atoms with Crippen LogP contribution in [0.4, 0.5) is 0 Å². The summed E-state index contributed by atoms with van der Waals surface area (Å²) in [7, 11) is 1.89. The van der Waals surface area contributed by atoms with Gasteiger partial charge in [0.15, 0.2) is 0 Å². The van der Waals surface area contributed by atoms with Crippen molar-refractivity contribution < 1.29 is 4.42 Å². The summed E-state index contributed by atoms with van der Waals surface area (Å²) in [6.07, 6.45) is 2.48. The predicted molar refractivity (Wildman–Crippen MR) is 59.9 cm³/mol. The molecule has 2 rings (SSSR count). The average molecular weight is 218 g/mol. The lowest BCUT2D eigenvalue weighted by Gasteiger charge is -1.95. The first-order chi connectivity index (χ1) is 7.79. The Bertz CT molecular complexity index is 467. The van der Waals surface area contributed by atoms with Gasteiger partial charge in [-0.3, -0.25) is 4.98 Å². The van der Waals surface area contributed by atoms with Crippen LogP contribution in [0.2, 0.25) is 0 Å². The molecule has 5 nitrogen and oxygen atoms in total. The number of nitrogens with zero attached hydrogens (tertiary/aromatic N) is 3. The van der Waals surface area contributed by atoms with E-state index < -0.39 is 0 Å². The molecule has 5 heteroatoms. The van der Waals surface area contributed by atoms with E-state index >= 15 is 0 Å². The Morgan fingerprint density at radius 3 is 3.00 bits per heavy atom. The molecule has 0 fully saturated rings. The fraction of sp³-hybridized carbons (Fsp3) is 0.364. The molecule has 0 aliphatic rings. The van der Waals surface area contributed by atoms with Crippen LogP contribution in [0.1, 0.15) is 11.6 Å². The summed E-state index contributed by atoms with van der Waals surface area (Å²) >= 11 is 0. The maximum atomic E-state index is 5.54. The maximum absolute atomic E-state index is 5.54. The molecule has 0 spiro atoms. The zero-order valence-electron chi connectivity index (χ0n) is 9.40. The topological polar surface area (TPSA) is 63.8 Å². The molecule has 0 bridgehead atoms. The molecule has 2 heterocycles. The molecule has 2 aromatic rings. The van der Waals surface area contributed by atoms with Crippen LogP contribution in [0.5, 0.6) is 0 Å². The van der Waals surface area contributed by atoms with E-state index in [2.05, 4.69) is 20.5 Å². The van der Waals surface area contributed by atoms with Gasteiger partial charge in [0.05, 0.1) is 0 Å². The molecule has 0 radical (unpaired) electrons. The van der Waals surface area contributed by atoms with Gasteiger partial charge in [-0.15, -0.1) is 10.2 Å².